The van der Waals surface area contributed by atoms with Crippen LogP contribution < -0.4 is 5.73 Å². The maximum atomic E-state index is 5.70. The first kappa shape index (κ1) is 11.4. The van der Waals surface area contributed by atoms with E-state index in [0.717, 1.165) is 12.5 Å². The van der Waals surface area contributed by atoms with Crippen molar-refractivity contribution in [2.75, 3.05) is 12.3 Å². The van der Waals surface area contributed by atoms with E-state index in [9.17, 15) is 0 Å². The molecule has 1 aliphatic heterocycles. The fourth-order valence-electron chi connectivity index (χ4n) is 2.43. The lowest BCUT2D eigenvalue weighted by molar-refractivity contribution is 0.117. The quantitative estimate of drug-likeness (QED) is 0.829. The van der Waals surface area contributed by atoms with Crippen molar-refractivity contribution in [3.63, 3.8) is 0 Å². The van der Waals surface area contributed by atoms with E-state index in [-0.39, 0.29) is 0 Å². The Morgan fingerprint density at radius 2 is 2.25 bits per heavy atom. The van der Waals surface area contributed by atoms with Crippen LogP contribution >= 0.6 is 0 Å². The van der Waals surface area contributed by atoms with E-state index in [1.165, 1.54) is 24.9 Å². The minimum atomic E-state index is 0.621. The second-order valence-corrected chi connectivity index (χ2v) is 5.05. The predicted octanol–water partition coefficient (Wildman–Crippen LogP) is 2.28. The zero-order chi connectivity index (χ0) is 11.5. The van der Waals surface area contributed by atoms with Crippen molar-refractivity contribution in [2.45, 2.75) is 39.3 Å². The van der Waals surface area contributed by atoms with Gasteiger partial charge in [0.2, 0.25) is 0 Å². The van der Waals surface area contributed by atoms with Crippen molar-refractivity contribution >= 4 is 5.82 Å². The van der Waals surface area contributed by atoms with Crippen LogP contribution in [0.3, 0.4) is 0 Å². The maximum absolute atomic E-state index is 5.70. The van der Waals surface area contributed by atoms with Crippen LogP contribution in [0.1, 0.15) is 32.3 Å². The SMILES string of the molecule is CC1CCC(C)N(Cc2ccnc(N)c2)C1. The van der Waals surface area contributed by atoms with E-state index >= 15 is 0 Å². The van der Waals surface area contributed by atoms with Crippen molar-refractivity contribution in [1.82, 2.24) is 9.88 Å². The molecule has 16 heavy (non-hydrogen) atoms. The van der Waals surface area contributed by atoms with E-state index in [2.05, 4.69) is 29.8 Å². The summed E-state index contributed by atoms with van der Waals surface area (Å²) in [6, 6.07) is 4.72. The van der Waals surface area contributed by atoms with E-state index < -0.39 is 0 Å². The molecule has 0 aromatic carbocycles. The fourth-order valence-corrected chi connectivity index (χ4v) is 2.43. The zero-order valence-electron chi connectivity index (χ0n) is 10.2. The summed E-state index contributed by atoms with van der Waals surface area (Å²) in [5, 5.41) is 0. The molecule has 0 aliphatic carbocycles. The lowest BCUT2D eigenvalue weighted by Gasteiger charge is -2.36. The van der Waals surface area contributed by atoms with Gasteiger partial charge in [-0.15, -0.1) is 0 Å². The predicted molar refractivity (Wildman–Crippen MR) is 66.9 cm³/mol. The topological polar surface area (TPSA) is 42.2 Å². The summed E-state index contributed by atoms with van der Waals surface area (Å²) in [6.45, 7) is 6.85. The van der Waals surface area contributed by atoms with Crippen LogP contribution in [0.2, 0.25) is 0 Å². The number of hydrogen-bond acceptors (Lipinski definition) is 3. The first-order valence-corrected chi connectivity index (χ1v) is 6.09. The molecule has 1 aliphatic rings. The van der Waals surface area contributed by atoms with Gasteiger partial charge in [0.15, 0.2) is 0 Å². The molecular weight excluding hydrogens is 198 g/mol. The number of aromatic nitrogens is 1. The Morgan fingerprint density at radius 1 is 1.44 bits per heavy atom. The van der Waals surface area contributed by atoms with E-state index in [0.29, 0.717) is 11.9 Å². The molecule has 0 saturated carbocycles. The summed E-state index contributed by atoms with van der Waals surface area (Å²) < 4.78 is 0. The summed E-state index contributed by atoms with van der Waals surface area (Å²) in [5.74, 6) is 1.44. The average Bonchev–Trinajstić information content (AvgIpc) is 2.24. The fraction of sp³-hybridized carbons (Fsp3) is 0.615. The molecule has 3 heteroatoms. The van der Waals surface area contributed by atoms with Crippen molar-refractivity contribution < 1.29 is 0 Å². The van der Waals surface area contributed by atoms with Gasteiger partial charge in [0.25, 0.3) is 0 Å². The number of anilines is 1. The molecule has 0 amide bonds. The molecular formula is C13H21N3. The van der Waals surface area contributed by atoms with E-state index in [1.54, 1.807) is 6.20 Å². The van der Waals surface area contributed by atoms with Crippen LogP contribution in [0, 0.1) is 5.92 Å². The lowest BCUT2D eigenvalue weighted by atomic mass is 9.94. The van der Waals surface area contributed by atoms with Crippen molar-refractivity contribution in [1.29, 1.82) is 0 Å². The van der Waals surface area contributed by atoms with Crippen LogP contribution in [-0.4, -0.2) is 22.5 Å². The molecule has 0 bridgehead atoms. The molecule has 0 radical (unpaired) electrons. The normalized spacial score (nSPS) is 26.9. The van der Waals surface area contributed by atoms with Crippen molar-refractivity contribution in [3.05, 3.63) is 23.9 Å². The second kappa shape index (κ2) is 4.83. The minimum absolute atomic E-state index is 0.621. The van der Waals surface area contributed by atoms with Gasteiger partial charge < -0.3 is 5.73 Å². The molecule has 2 N–H and O–H groups in total. The molecule has 2 rings (SSSR count). The molecule has 88 valence electrons. The van der Waals surface area contributed by atoms with E-state index in [1.807, 2.05) is 6.07 Å². The molecule has 2 heterocycles. The third kappa shape index (κ3) is 2.73. The molecule has 2 unspecified atom stereocenters. The lowest BCUT2D eigenvalue weighted by Crippen LogP contribution is -2.40. The Kier molecular flexibility index (Phi) is 3.44. The highest BCUT2D eigenvalue weighted by atomic mass is 15.2. The van der Waals surface area contributed by atoms with Gasteiger partial charge in [-0.1, -0.05) is 6.92 Å². The minimum Gasteiger partial charge on any atom is -0.384 e. The third-order valence-corrected chi connectivity index (χ3v) is 3.48. The van der Waals surface area contributed by atoms with Crippen LogP contribution in [0.15, 0.2) is 18.3 Å². The smallest absolute Gasteiger partial charge is 0.123 e. The molecule has 1 fully saturated rings. The number of piperidine rings is 1. The summed E-state index contributed by atoms with van der Waals surface area (Å²) in [7, 11) is 0. The summed E-state index contributed by atoms with van der Waals surface area (Å²) in [4.78, 5) is 6.57. The van der Waals surface area contributed by atoms with Gasteiger partial charge in [0, 0.05) is 25.3 Å². The van der Waals surface area contributed by atoms with Gasteiger partial charge in [0.1, 0.15) is 5.82 Å². The number of nitrogens with two attached hydrogens (primary N) is 1. The summed E-state index contributed by atoms with van der Waals surface area (Å²) >= 11 is 0. The van der Waals surface area contributed by atoms with Gasteiger partial charge in [-0.3, -0.25) is 4.90 Å². The van der Waals surface area contributed by atoms with Crippen molar-refractivity contribution in [3.8, 4) is 0 Å². The summed E-state index contributed by atoms with van der Waals surface area (Å²) in [6.07, 6.45) is 4.46. The van der Waals surface area contributed by atoms with Gasteiger partial charge in [0.05, 0.1) is 0 Å². The standard InChI is InChI=1S/C13H21N3/c1-10-3-4-11(2)16(8-10)9-12-5-6-15-13(14)7-12/h5-7,10-11H,3-4,8-9H2,1-2H3,(H2,14,15). The zero-order valence-corrected chi connectivity index (χ0v) is 10.2. The number of pyridine rings is 1. The first-order chi connectivity index (χ1) is 7.65. The van der Waals surface area contributed by atoms with Gasteiger partial charge in [-0.05, 0) is 43.4 Å². The van der Waals surface area contributed by atoms with Crippen LogP contribution in [0.5, 0.6) is 0 Å². The Hall–Kier alpha value is -1.09. The van der Waals surface area contributed by atoms with Gasteiger partial charge in [-0.25, -0.2) is 4.98 Å². The number of nitrogens with zero attached hydrogens (tertiary/aromatic N) is 2. The maximum Gasteiger partial charge on any atom is 0.123 e. The number of rotatable bonds is 2. The number of hydrogen-bond donors (Lipinski definition) is 1. The van der Waals surface area contributed by atoms with Crippen LogP contribution in [0.25, 0.3) is 0 Å². The Balaban J connectivity index is 2.02. The largest absolute Gasteiger partial charge is 0.384 e. The Morgan fingerprint density at radius 3 is 3.00 bits per heavy atom. The van der Waals surface area contributed by atoms with Crippen molar-refractivity contribution in [2.24, 2.45) is 5.92 Å². The number of likely N-dealkylation sites (tertiary alicyclic amines) is 1. The van der Waals surface area contributed by atoms with Gasteiger partial charge in [-0.2, -0.15) is 0 Å². The van der Waals surface area contributed by atoms with Gasteiger partial charge >= 0.3 is 0 Å². The molecule has 1 saturated heterocycles. The monoisotopic (exact) mass is 219 g/mol. The molecule has 1 aromatic heterocycles. The highest BCUT2D eigenvalue weighted by Gasteiger charge is 2.22. The Labute approximate surface area is 97.7 Å². The van der Waals surface area contributed by atoms with Crippen LogP contribution in [-0.2, 0) is 6.54 Å². The molecule has 1 aromatic rings. The van der Waals surface area contributed by atoms with Crippen LogP contribution in [0.4, 0.5) is 5.82 Å². The molecule has 3 nitrogen and oxygen atoms in total. The second-order valence-electron chi connectivity index (χ2n) is 5.05. The summed E-state index contributed by atoms with van der Waals surface area (Å²) in [5.41, 5.74) is 6.97. The Bertz CT molecular complexity index is 351. The molecule has 2 atom stereocenters. The van der Waals surface area contributed by atoms with E-state index in [4.69, 9.17) is 5.73 Å². The first-order valence-electron chi connectivity index (χ1n) is 6.09. The average molecular weight is 219 g/mol. The highest BCUT2D eigenvalue weighted by molar-refractivity contribution is 5.31. The third-order valence-electron chi connectivity index (χ3n) is 3.48. The molecule has 0 spiro atoms. The highest BCUT2D eigenvalue weighted by Crippen LogP contribution is 2.23. The number of nitrogen functional groups attached to an aromatic ring is 1.